The average Bonchev–Trinajstić information content (AvgIpc) is 2.55. The van der Waals surface area contributed by atoms with Gasteiger partial charge in [0.1, 0.15) is 5.75 Å². The van der Waals surface area contributed by atoms with Gasteiger partial charge in [-0.05, 0) is 59.3 Å². The molecule has 0 aliphatic carbocycles. The van der Waals surface area contributed by atoms with E-state index in [0.717, 1.165) is 10.3 Å². The van der Waals surface area contributed by atoms with Crippen LogP contribution in [0.4, 0.5) is 0 Å². The van der Waals surface area contributed by atoms with Gasteiger partial charge in [-0.25, -0.2) is 0 Å². The van der Waals surface area contributed by atoms with Gasteiger partial charge in [0.05, 0.1) is 0 Å². The van der Waals surface area contributed by atoms with E-state index in [1.807, 2.05) is 13.0 Å². The van der Waals surface area contributed by atoms with E-state index in [1.54, 1.807) is 11.3 Å². The highest BCUT2D eigenvalue weighted by atomic mass is 127. The second kappa shape index (κ2) is 3.60. The van der Waals surface area contributed by atoms with E-state index in [1.165, 1.54) is 19.0 Å². The van der Waals surface area contributed by atoms with Crippen LogP contribution in [0.3, 0.4) is 0 Å². The molecule has 0 fully saturated rings. The fourth-order valence-electron chi connectivity index (χ4n) is 1.89. The van der Waals surface area contributed by atoms with Gasteiger partial charge >= 0.3 is 0 Å². The van der Waals surface area contributed by atoms with E-state index >= 15 is 0 Å². The molecule has 0 aliphatic rings. The van der Waals surface area contributed by atoms with E-state index in [2.05, 4.69) is 46.9 Å². The minimum Gasteiger partial charge on any atom is -0.508 e. The lowest BCUT2D eigenvalue weighted by Gasteiger charge is -1.98. The SMILES string of the molecule is Cc1cc2c(cc1O)sc1cc(I)ccc12. The molecule has 0 radical (unpaired) electrons. The van der Waals surface area contributed by atoms with Gasteiger partial charge in [-0.3, -0.25) is 0 Å². The van der Waals surface area contributed by atoms with Crippen molar-refractivity contribution >= 4 is 54.1 Å². The summed E-state index contributed by atoms with van der Waals surface area (Å²) >= 11 is 4.06. The van der Waals surface area contributed by atoms with Gasteiger partial charge in [-0.15, -0.1) is 11.3 Å². The summed E-state index contributed by atoms with van der Waals surface area (Å²) in [6.07, 6.45) is 0. The topological polar surface area (TPSA) is 20.2 Å². The van der Waals surface area contributed by atoms with Crippen molar-refractivity contribution in [3.05, 3.63) is 39.5 Å². The monoisotopic (exact) mass is 340 g/mol. The standard InChI is InChI=1S/C13H9IOS/c1-7-4-10-9-3-2-8(14)5-12(9)16-13(10)6-11(7)15/h2-6,15H,1H3. The van der Waals surface area contributed by atoms with Crippen LogP contribution in [0.1, 0.15) is 5.56 Å². The Morgan fingerprint density at radius 1 is 1.06 bits per heavy atom. The molecule has 80 valence electrons. The molecule has 0 aliphatic heterocycles. The third-order valence-corrected chi connectivity index (χ3v) is 4.54. The van der Waals surface area contributed by atoms with Crippen molar-refractivity contribution < 1.29 is 5.11 Å². The van der Waals surface area contributed by atoms with Crippen LogP contribution in [-0.4, -0.2) is 5.11 Å². The molecule has 0 atom stereocenters. The predicted octanol–water partition coefficient (Wildman–Crippen LogP) is 4.67. The van der Waals surface area contributed by atoms with E-state index in [4.69, 9.17) is 0 Å². The van der Waals surface area contributed by atoms with Crippen molar-refractivity contribution in [1.82, 2.24) is 0 Å². The molecular formula is C13H9IOS. The molecule has 1 N–H and O–H groups in total. The van der Waals surface area contributed by atoms with Gasteiger partial charge in [-0.1, -0.05) is 6.07 Å². The molecular weight excluding hydrogens is 331 g/mol. The van der Waals surface area contributed by atoms with Crippen LogP contribution in [0.25, 0.3) is 20.2 Å². The molecule has 0 unspecified atom stereocenters. The number of aromatic hydroxyl groups is 1. The number of hydrogen-bond donors (Lipinski definition) is 1. The number of aryl methyl sites for hydroxylation is 1. The Balaban J connectivity index is 2.51. The maximum Gasteiger partial charge on any atom is 0.119 e. The van der Waals surface area contributed by atoms with Crippen molar-refractivity contribution in [2.24, 2.45) is 0 Å². The zero-order valence-electron chi connectivity index (χ0n) is 8.62. The Kier molecular flexibility index (Phi) is 2.33. The molecule has 0 spiro atoms. The summed E-state index contributed by atoms with van der Waals surface area (Å²) < 4.78 is 3.68. The van der Waals surface area contributed by atoms with Gasteiger partial charge in [-0.2, -0.15) is 0 Å². The molecule has 1 aromatic heterocycles. The molecule has 3 aromatic rings. The first-order valence-electron chi connectivity index (χ1n) is 4.96. The number of phenols is 1. The lowest BCUT2D eigenvalue weighted by Crippen LogP contribution is -1.74. The molecule has 0 saturated heterocycles. The fraction of sp³-hybridized carbons (Fsp3) is 0.0769. The largest absolute Gasteiger partial charge is 0.508 e. The van der Waals surface area contributed by atoms with Crippen LogP contribution in [-0.2, 0) is 0 Å². The summed E-state index contributed by atoms with van der Waals surface area (Å²) in [5.74, 6) is 0.383. The van der Waals surface area contributed by atoms with E-state index < -0.39 is 0 Å². The minimum atomic E-state index is 0.383. The molecule has 16 heavy (non-hydrogen) atoms. The number of halogens is 1. The summed E-state index contributed by atoms with van der Waals surface area (Å²) in [6.45, 7) is 1.94. The van der Waals surface area contributed by atoms with Gasteiger partial charge in [0, 0.05) is 23.7 Å². The Morgan fingerprint density at radius 2 is 1.81 bits per heavy atom. The van der Waals surface area contributed by atoms with E-state index in [9.17, 15) is 5.11 Å². The normalized spacial score (nSPS) is 11.4. The Labute approximate surface area is 111 Å². The van der Waals surface area contributed by atoms with Gasteiger partial charge in [0.25, 0.3) is 0 Å². The highest BCUT2D eigenvalue weighted by Crippen LogP contribution is 2.37. The number of thiophene rings is 1. The molecule has 3 heteroatoms. The molecule has 0 amide bonds. The summed E-state index contributed by atoms with van der Waals surface area (Å²) in [6, 6.07) is 10.4. The molecule has 1 nitrogen and oxygen atoms in total. The van der Waals surface area contributed by atoms with Crippen LogP contribution in [0.2, 0.25) is 0 Å². The van der Waals surface area contributed by atoms with Gasteiger partial charge in [0.15, 0.2) is 0 Å². The van der Waals surface area contributed by atoms with Crippen LogP contribution in [0, 0.1) is 10.5 Å². The van der Waals surface area contributed by atoms with Crippen molar-refractivity contribution in [1.29, 1.82) is 0 Å². The third kappa shape index (κ3) is 1.50. The highest BCUT2D eigenvalue weighted by molar-refractivity contribution is 14.1. The summed E-state index contributed by atoms with van der Waals surface area (Å²) in [5, 5.41) is 12.2. The maximum absolute atomic E-state index is 9.70. The molecule has 2 aromatic carbocycles. The van der Waals surface area contributed by atoms with Crippen LogP contribution in [0.15, 0.2) is 30.3 Å². The third-order valence-electron chi connectivity index (χ3n) is 2.75. The molecule has 0 saturated carbocycles. The Hall–Kier alpha value is -0.810. The zero-order chi connectivity index (χ0) is 11.3. The van der Waals surface area contributed by atoms with Gasteiger partial charge < -0.3 is 5.11 Å². The Morgan fingerprint density at radius 3 is 2.62 bits per heavy atom. The van der Waals surface area contributed by atoms with Gasteiger partial charge in [0.2, 0.25) is 0 Å². The second-order valence-electron chi connectivity index (χ2n) is 3.88. The number of benzene rings is 2. The first kappa shape index (κ1) is 10.4. The number of fused-ring (bicyclic) bond motifs is 3. The fourth-order valence-corrected chi connectivity index (χ4v) is 3.76. The van der Waals surface area contributed by atoms with Crippen molar-refractivity contribution in [2.45, 2.75) is 6.92 Å². The lowest BCUT2D eigenvalue weighted by atomic mass is 10.1. The second-order valence-corrected chi connectivity index (χ2v) is 6.21. The zero-order valence-corrected chi connectivity index (χ0v) is 11.6. The summed E-state index contributed by atoms with van der Waals surface area (Å²) in [4.78, 5) is 0. The highest BCUT2D eigenvalue weighted by Gasteiger charge is 2.07. The van der Waals surface area contributed by atoms with Crippen LogP contribution >= 0.6 is 33.9 Å². The summed E-state index contributed by atoms with van der Waals surface area (Å²) in [7, 11) is 0. The van der Waals surface area contributed by atoms with Crippen molar-refractivity contribution in [2.75, 3.05) is 0 Å². The molecule has 3 rings (SSSR count). The first-order chi connectivity index (χ1) is 7.65. The number of rotatable bonds is 0. The molecule has 0 bridgehead atoms. The average molecular weight is 340 g/mol. The van der Waals surface area contributed by atoms with Crippen LogP contribution in [0.5, 0.6) is 5.75 Å². The molecule has 1 heterocycles. The summed E-state index contributed by atoms with van der Waals surface area (Å²) in [5.41, 5.74) is 0.936. The predicted molar refractivity (Wildman–Crippen MR) is 78.4 cm³/mol. The smallest absolute Gasteiger partial charge is 0.119 e. The minimum absolute atomic E-state index is 0.383. The Bertz CT molecular complexity index is 700. The quantitative estimate of drug-likeness (QED) is 0.590. The van der Waals surface area contributed by atoms with E-state index in [-0.39, 0.29) is 0 Å². The first-order valence-corrected chi connectivity index (χ1v) is 6.86. The number of hydrogen-bond acceptors (Lipinski definition) is 2. The van der Waals surface area contributed by atoms with Crippen molar-refractivity contribution in [3.8, 4) is 5.75 Å². The lowest BCUT2D eigenvalue weighted by molar-refractivity contribution is 0.472. The van der Waals surface area contributed by atoms with Crippen molar-refractivity contribution in [3.63, 3.8) is 0 Å². The van der Waals surface area contributed by atoms with Crippen LogP contribution < -0.4 is 0 Å². The van der Waals surface area contributed by atoms with E-state index in [0.29, 0.717) is 5.75 Å². The number of phenolic OH excluding ortho intramolecular Hbond substituents is 1. The maximum atomic E-state index is 9.70.